The van der Waals surface area contributed by atoms with Gasteiger partial charge in [0.05, 0.1) is 17.5 Å². The van der Waals surface area contributed by atoms with E-state index in [1.165, 1.54) is 4.90 Å². The Labute approximate surface area is 148 Å². The van der Waals surface area contributed by atoms with Crippen LogP contribution in [0.5, 0.6) is 0 Å². The second-order valence-electron chi connectivity index (χ2n) is 5.66. The summed E-state index contributed by atoms with van der Waals surface area (Å²) in [5.74, 6) is 0.514. The molecule has 0 aromatic heterocycles. The highest BCUT2D eigenvalue weighted by atomic mass is 35.5. The quantitative estimate of drug-likeness (QED) is 0.782. The summed E-state index contributed by atoms with van der Waals surface area (Å²) in [5.41, 5.74) is 1.40. The maximum Gasteiger partial charge on any atom is 0.229 e. The molecule has 2 aliphatic rings. The van der Waals surface area contributed by atoms with E-state index in [9.17, 15) is 9.59 Å². The minimum absolute atomic E-state index is 0.00887. The number of para-hydroxylation sites is 1. The average molecular weight is 357 g/mol. The largest absolute Gasteiger partial charge is 0.292 e. The number of fused-ring (bicyclic) bond motifs is 2. The molecule has 6 heteroatoms. The Kier molecular flexibility index (Phi) is 3.90. The molecule has 0 unspecified atom stereocenters. The lowest BCUT2D eigenvalue weighted by atomic mass is 10.1. The van der Waals surface area contributed by atoms with Crippen LogP contribution in [0.3, 0.4) is 0 Å². The predicted octanol–water partition coefficient (Wildman–Crippen LogP) is 3.96. The minimum atomic E-state index is -0.118. The second-order valence-corrected chi connectivity index (χ2v) is 7.34. The molecule has 0 spiro atoms. The molecule has 4 rings (SSSR count). The van der Waals surface area contributed by atoms with E-state index in [1.54, 1.807) is 36.0 Å². The van der Waals surface area contributed by atoms with Crippen LogP contribution in [0.15, 0.2) is 58.4 Å². The number of hydrogen-bond donors (Lipinski definition) is 0. The smallest absolute Gasteiger partial charge is 0.229 e. The highest BCUT2D eigenvalue weighted by molar-refractivity contribution is 8.01. The SMILES string of the molecule is O=C(CN1C(=O)C[C@@H]2Sc3ccccc3N=C21)c1ccc(Cl)cc1. The van der Waals surface area contributed by atoms with Crippen molar-refractivity contribution in [3.63, 3.8) is 0 Å². The summed E-state index contributed by atoms with van der Waals surface area (Å²) in [5, 5.41) is 0.568. The van der Waals surface area contributed by atoms with Gasteiger partial charge in [-0.2, -0.15) is 0 Å². The molecule has 120 valence electrons. The zero-order valence-corrected chi connectivity index (χ0v) is 14.2. The molecule has 2 aliphatic heterocycles. The summed E-state index contributed by atoms with van der Waals surface area (Å²) in [6, 6.07) is 14.5. The third kappa shape index (κ3) is 2.74. The molecule has 2 aromatic rings. The lowest BCUT2D eigenvalue weighted by Crippen LogP contribution is -2.36. The van der Waals surface area contributed by atoms with Crippen LogP contribution in [-0.2, 0) is 4.79 Å². The van der Waals surface area contributed by atoms with Gasteiger partial charge in [-0.15, -0.1) is 11.8 Å². The van der Waals surface area contributed by atoms with Crippen molar-refractivity contribution in [3.05, 3.63) is 59.1 Å². The summed E-state index contributed by atoms with van der Waals surface area (Å²) in [4.78, 5) is 32.1. The van der Waals surface area contributed by atoms with Crippen LogP contribution in [0.4, 0.5) is 5.69 Å². The summed E-state index contributed by atoms with van der Waals surface area (Å²) < 4.78 is 0. The number of likely N-dealkylation sites (tertiary alicyclic amines) is 1. The number of carbonyl (C=O) groups excluding carboxylic acids is 2. The van der Waals surface area contributed by atoms with E-state index >= 15 is 0 Å². The number of nitrogens with zero attached hydrogens (tertiary/aromatic N) is 2. The van der Waals surface area contributed by atoms with Gasteiger partial charge in [0.2, 0.25) is 5.91 Å². The van der Waals surface area contributed by atoms with Crippen molar-refractivity contribution in [2.24, 2.45) is 4.99 Å². The molecule has 0 N–H and O–H groups in total. The zero-order valence-electron chi connectivity index (χ0n) is 12.6. The van der Waals surface area contributed by atoms with Gasteiger partial charge in [0.15, 0.2) is 5.78 Å². The van der Waals surface area contributed by atoms with Gasteiger partial charge in [-0.25, -0.2) is 4.99 Å². The van der Waals surface area contributed by atoms with E-state index < -0.39 is 0 Å². The van der Waals surface area contributed by atoms with Gasteiger partial charge < -0.3 is 0 Å². The van der Waals surface area contributed by atoms with E-state index in [0.29, 0.717) is 22.8 Å². The molecule has 1 saturated heterocycles. The monoisotopic (exact) mass is 356 g/mol. The van der Waals surface area contributed by atoms with Gasteiger partial charge in [-0.1, -0.05) is 23.7 Å². The van der Waals surface area contributed by atoms with Crippen LogP contribution in [0.2, 0.25) is 5.02 Å². The number of rotatable bonds is 3. The van der Waals surface area contributed by atoms with E-state index in [-0.39, 0.29) is 23.5 Å². The van der Waals surface area contributed by atoms with Gasteiger partial charge in [0.25, 0.3) is 0 Å². The van der Waals surface area contributed by atoms with E-state index in [2.05, 4.69) is 4.99 Å². The summed E-state index contributed by atoms with van der Waals surface area (Å²) in [6.45, 7) is 0.0124. The normalized spacial score (nSPS) is 18.9. The summed E-state index contributed by atoms with van der Waals surface area (Å²) >= 11 is 7.49. The van der Waals surface area contributed by atoms with Gasteiger partial charge in [-0.3, -0.25) is 14.5 Å². The van der Waals surface area contributed by atoms with Crippen molar-refractivity contribution in [2.75, 3.05) is 6.54 Å². The number of halogens is 1. The van der Waals surface area contributed by atoms with Crippen LogP contribution in [-0.4, -0.2) is 34.2 Å². The van der Waals surface area contributed by atoms with Crippen LogP contribution < -0.4 is 0 Å². The minimum Gasteiger partial charge on any atom is -0.292 e. The van der Waals surface area contributed by atoms with Crippen molar-refractivity contribution in [3.8, 4) is 0 Å². The lowest BCUT2D eigenvalue weighted by Gasteiger charge is -2.22. The number of thioether (sulfide) groups is 1. The lowest BCUT2D eigenvalue weighted by molar-refractivity contribution is -0.125. The highest BCUT2D eigenvalue weighted by Gasteiger charge is 2.40. The number of aliphatic imine (C=N–C) groups is 1. The molecule has 1 fully saturated rings. The fourth-order valence-electron chi connectivity index (χ4n) is 2.85. The van der Waals surface area contributed by atoms with Gasteiger partial charge in [-0.05, 0) is 36.4 Å². The Morgan fingerprint density at radius 3 is 2.75 bits per heavy atom. The molecule has 1 atom stereocenters. The molecule has 1 amide bonds. The van der Waals surface area contributed by atoms with Crippen molar-refractivity contribution >= 4 is 46.6 Å². The number of amidine groups is 1. The first-order chi connectivity index (χ1) is 11.6. The predicted molar refractivity (Wildman–Crippen MR) is 95.3 cm³/mol. The van der Waals surface area contributed by atoms with Gasteiger partial charge in [0.1, 0.15) is 5.84 Å². The topological polar surface area (TPSA) is 49.7 Å². The van der Waals surface area contributed by atoms with E-state index in [0.717, 1.165) is 10.6 Å². The molecule has 0 saturated carbocycles. The number of ketones is 1. The van der Waals surface area contributed by atoms with Crippen molar-refractivity contribution in [1.29, 1.82) is 0 Å². The van der Waals surface area contributed by atoms with Crippen molar-refractivity contribution in [2.45, 2.75) is 16.6 Å². The molecular weight excluding hydrogens is 344 g/mol. The molecule has 0 bridgehead atoms. The average Bonchev–Trinajstić information content (AvgIpc) is 2.88. The molecule has 0 radical (unpaired) electrons. The number of carbonyl (C=O) groups is 2. The number of Topliss-reactive ketones (excluding diaryl/α,β-unsaturated/α-hetero) is 1. The number of amides is 1. The molecule has 2 aromatic carbocycles. The second kappa shape index (κ2) is 6.07. The Morgan fingerprint density at radius 2 is 1.96 bits per heavy atom. The number of hydrogen-bond acceptors (Lipinski definition) is 4. The fourth-order valence-corrected chi connectivity index (χ4v) is 4.19. The van der Waals surface area contributed by atoms with E-state index in [1.807, 2.05) is 24.3 Å². The Bertz CT molecular complexity index is 864. The van der Waals surface area contributed by atoms with Gasteiger partial charge >= 0.3 is 0 Å². The van der Waals surface area contributed by atoms with Crippen LogP contribution >= 0.6 is 23.4 Å². The molecular formula is C18H13ClN2O2S. The van der Waals surface area contributed by atoms with Crippen LogP contribution in [0.25, 0.3) is 0 Å². The highest BCUT2D eigenvalue weighted by Crippen LogP contribution is 2.42. The summed E-state index contributed by atoms with van der Waals surface area (Å²) in [7, 11) is 0. The Morgan fingerprint density at radius 1 is 1.21 bits per heavy atom. The molecule has 2 heterocycles. The first kappa shape index (κ1) is 15.4. The third-order valence-corrected chi connectivity index (χ3v) is 5.58. The molecule has 0 aliphatic carbocycles. The molecule has 4 nitrogen and oxygen atoms in total. The van der Waals surface area contributed by atoms with Crippen LogP contribution in [0.1, 0.15) is 16.8 Å². The van der Waals surface area contributed by atoms with Crippen LogP contribution in [0, 0.1) is 0 Å². The third-order valence-electron chi connectivity index (χ3n) is 4.06. The standard InChI is InChI=1S/C18H13ClN2O2S/c19-12-7-5-11(6-8-12)14(22)10-21-17(23)9-16-18(21)20-13-3-1-2-4-15(13)24-16/h1-8,16H,9-10H2/t16-/m0/s1. The first-order valence-electron chi connectivity index (χ1n) is 7.55. The Hall–Kier alpha value is -2.11. The van der Waals surface area contributed by atoms with Crippen molar-refractivity contribution < 1.29 is 9.59 Å². The molecule has 24 heavy (non-hydrogen) atoms. The first-order valence-corrected chi connectivity index (χ1v) is 8.81. The van der Waals surface area contributed by atoms with E-state index in [4.69, 9.17) is 11.6 Å². The van der Waals surface area contributed by atoms with Crippen molar-refractivity contribution in [1.82, 2.24) is 4.90 Å². The maximum atomic E-state index is 12.5. The Balaban J connectivity index is 1.61. The zero-order chi connectivity index (χ0) is 16.7. The van der Waals surface area contributed by atoms with Gasteiger partial charge in [0, 0.05) is 21.9 Å². The number of benzene rings is 2. The maximum absolute atomic E-state index is 12.5. The fraction of sp³-hybridized carbons (Fsp3) is 0.167. The summed E-state index contributed by atoms with van der Waals surface area (Å²) in [6.07, 6.45) is 0.381.